The molecule has 0 saturated heterocycles. The summed E-state index contributed by atoms with van der Waals surface area (Å²) >= 11 is 0. The average molecular weight is 349 g/mol. The van der Waals surface area contributed by atoms with E-state index in [1.165, 1.54) is 0 Å². The van der Waals surface area contributed by atoms with Gasteiger partial charge in [0.05, 0.1) is 5.75 Å². The Morgan fingerprint density at radius 2 is 1.82 bits per heavy atom. The molecule has 0 spiro atoms. The second-order valence-electron chi connectivity index (χ2n) is 5.95. The summed E-state index contributed by atoms with van der Waals surface area (Å²) in [6.45, 7) is 3.79. The molecule has 0 unspecified atom stereocenters. The van der Waals surface area contributed by atoms with Crippen molar-refractivity contribution in [1.29, 1.82) is 0 Å². The second kappa shape index (κ2) is 9.12. The number of hydrogen-bond donors (Lipinski definition) is 2. The van der Waals surface area contributed by atoms with Crippen molar-refractivity contribution >= 4 is 28.2 Å². The van der Waals surface area contributed by atoms with Gasteiger partial charge in [-0.25, -0.2) is 8.42 Å². The topological polar surface area (TPSA) is 89.3 Å². The van der Waals surface area contributed by atoms with Gasteiger partial charge < -0.3 is 11.1 Å². The second-order valence-corrected chi connectivity index (χ2v) is 8.13. The van der Waals surface area contributed by atoms with E-state index in [0.29, 0.717) is 12.8 Å². The maximum atomic E-state index is 11.9. The molecule has 0 bridgehead atoms. The fraction of sp³-hybridized carbons (Fsp3) is 0.533. The third-order valence-corrected chi connectivity index (χ3v) is 4.47. The first-order chi connectivity index (χ1) is 9.68. The lowest BCUT2D eigenvalue weighted by Gasteiger charge is -2.18. The van der Waals surface area contributed by atoms with Gasteiger partial charge in [-0.3, -0.25) is 4.79 Å². The first-order valence-corrected chi connectivity index (χ1v) is 8.80. The van der Waals surface area contributed by atoms with Gasteiger partial charge in [-0.05, 0) is 32.3 Å². The maximum absolute atomic E-state index is 11.9. The number of halogens is 1. The predicted octanol–water partition coefficient (Wildman–Crippen LogP) is 1.31. The molecule has 0 aromatic heterocycles. The molecule has 1 rings (SSSR count). The van der Waals surface area contributed by atoms with Crippen molar-refractivity contribution in [2.45, 2.75) is 32.2 Å². The summed E-state index contributed by atoms with van der Waals surface area (Å²) in [6.07, 6.45) is 1.21. The van der Waals surface area contributed by atoms with Crippen LogP contribution in [0.2, 0.25) is 0 Å². The molecular weight excluding hydrogens is 324 g/mol. The Morgan fingerprint density at radius 1 is 1.23 bits per heavy atom. The third-order valence-electron chi connectivity index (χ3n) is 2.86. The van der Waals surface area contributed by atoms with Crippen LogP contribution in [0, 0.1) is 0 Å². The number of carbonyl (C=O) groups excluding carboxylic acids is 1. The maximum Gasteiger partial charge on any atom is 0.235 e. The molecule has 0 radical (unpaired) electrons. The molecule has 0 aliphatic heterocycles. The first-order valence-electron chi connectivity index (χ1n) is 6.98. The monoisotopic (exact) mass is 348 g/mol. The van der Waals surface area contributed by atoms with Crippen LogP contribution in [0.1, 0.15) is 25.8 Å². The molecule has 7 heteroatoms. The van der Waals surface area contributed by atoms with Gasteiger partial charge in [-0.1, -0.05) is 30.3 Å². The summed E-state index contributed by atoms with van der Waals surface area (Å²) < 4.78 is 23.7. The highest BCUT2D eigenvalue weighted by atomic mass is 35.5. The molecule has 0 atom stereocenters. The highest BCUT2D eigenvalue weighted by molar-refractivity contribution is 7.92. The Kier molecular flexibility index (Phi) is 8.66. The molecule has 5 nitrogen and oxygen atoms in total. The lowest BCUT2D eigenvalue weighted by molar-refractivity contribution is -0.118. The predicted molar refractivity (Wildman–Crippen MR) is 91.9 cm³/mol. The van der Waals surface area contributed by atoms with Crippen LogP contribution >= 0.6 is 12.4 Å². The molecular formula is C15H25ClN2O3S. The Balaban J connectivity index is 0.00000441. The van der Waals surface area contributed by atoms with Crippen molar-refractivity contribution < 1.29 is 13.2 Å². The number of hydrogen-bond acceptors (Lipinski definition) is 4. The standard InChI is InChI=1S/C15H24N2O3S.ClH/c1-15(2,16)12-17-14(18)11-21(19,20)10-6-9-13-7-4-3-5-8-13;/h3-5,7-8H,6,9-12,16H2,1-2H3,(H,17,18);1H. The smallest absolute Gasteiger partial charge is 0.235 e. The summed E-state index contributed by atoms with van der Waals surface area (Å²) in [4.78, 5) is 11.6. The molecule has 0 fully saturated rings. The molecule has 1 amide bonds. The van der Waals surface area contributed by atoms with E-state index in [4.69, 9.17) is 5.73 Å². The largest absolute Gasteiger partial charge is 0.353 e. The van der Waals surface area contributed by atoms with E-state index >= 15 is 0 Å². The zero-order valence-electron chi connectivity index (χ0n) is 13.0. The Morgan fingerprint density at radius 3 is 2.36 bits per heavy atom. The van der Waals surface area contributed by atoms with E-state index in [9.17, 15) is 13.2 Å². The van der Waals surface area contributed by atoms with Crippen LogP contribution in [0.5, 0.6) is 0 Å². The lowest BCUT2D eigenvalue weighted by atomic mass is 10.1. The minimum Gasteiger partial charge on any atom is -0.353 e. The van der Waals surface area contributed by atoms with Gasteiger partial charge in [-0.15, -0.1) is 12.4 Å². The summed E-state index contributed by atoms with van der Waals surface area (Å²) in [5.41, 5.74) is 6.28. The number of nitrogens with one attached hydrogen (secondary N) is 1. The van der Waals surface area contributed by atoms with Crippen LogP contribution < -0.4 is 11.1 Å². The van der Waals surface area contributed by atoms with Crippen LogP contribution in [0.25, 0.3) is 0 Å². The molecule has 3 N–H and O–H groups in total. The number of sulfone groups is 1. The molecule has 1 aromatic carbocycles. The number of nitrogens with two attached hydrogens (primary N) is 1. The van der Waals surface area contributed by atoms with E-state index in [2.05, 4.69) is 5.32 Å². The highest BCUT2D eigenvalue weighted by Crippen LogP contribution is 2.04. The van der Waals surface area contributed by atoms with E-state index < -0.39 is 27.0 Å². The fourth-order valence-electron chi connectivity index (χ4n) is 1.79. The molecule has 0 saturated carbocycles. The number of benzene rings is 1. The fourth-order valence-corrected chi connectivity index (χ4v) is 3.02. The van der Waals surface area contributed by atoms with Gasteiger partial charge in [0.2, 0.25) is 5.91 Å². The van der Waals surface area contributed by atoms with Crippen molar-refractivity contribution in [3.05, 3.63) is 35.9 Å². The average Bonchev–Trinajstić information content (AvgIpc) is 2.36. The van der Waals surface area contributed by atoms with Crippen molar-refractivity contribution in [2.75, 3.05) is 18.1 Å². The van der Waals surface area contributed by atoms with Gasteiger partial charge in [-0.2, -0.15) is 0 Å². The van der Waals surface area contributed by atoms with E-state index in [1.54, 1.807) is 13.8 Å². The zero-order valence-corrected chi connectivity index (χ0v) is 14.7. The Bertz CT molecular complexity index is 554. The molecule has 0 aliphatic rings. The van der Waals surface area contributed by atoms with Crippen molar-refractivity contribution in [1.82, 2.24) is 5.32 Å². The third kappa shape index (κ3) is 9.76. The van der Waals surface area contributed by atoms with Crippen LogP contribution in [-0.2, 0) is 21.1 Å². The Labute approximate surface area is 139 Å². The van der Waals surface area contributed by atoms with Crippen molar-refractivity contribution in [3.8, 4) is 0 Å². The Hall–Kier alpha value is -1.11. The molecule has 0 heterocycles. The van der Waals surface area contributed by atoms with Crippen LogP contribution in [0.3, 0.4) is 0 Å². The quantitative estimate of drug-likeness (QED) is 0.741. The van der Waals surface area contributed by atoms with Gasteiger partial charge in [0, 0.05) is 12.1 Å². The number of carbonyl (C=O) groups is 1. The van der Waals surface area contributed by atoms with Gasteiger partial charge in [0.15, 0.2) is 9.84 Å². The van der Waals surface area contributed by atoms with Crippen molar-refractivity contribution in [3.63, 3.8) is 0 Å². The van der Waals surface area contributed by atoms with Gasteiger partial charge >= 0.3 is 0 Å². The summed E-state index contributed by atoms with van der Waals surface area (Å²) in [7, 11) is -3.37. The van der Waals surface area contributed by atoms with E-state index in [1.807, 2.05) is 30.3 Å². The summed E-state index contributed by atoms with van der Waals surface area (Å²) in [6, 6.07) is 9.69. The van der Waals surface area contributed by atoms with E-state index in [0.717, 1.165) is 5.56 Å². The summed E-state index contributed by atoms with van der Waals surface area (Å²) in [5, 5.41) is 2.54. The zero-order chi connectivity index (χ0) is 15.9. The normalized spacial score (nSPS) is 11.6. The SMILES string of the molecule is CC(C)(N)CNC(=O)CS(=O)(=O)CCCc1ccccc1.Cl. The number of aryl methyl sites for hydroxylation is 1. The van der Waals surface area contributed by atoms with Crippen LogP contribution in [0.15, 0.2) is 30.3 Å². The van der Waals surface area contributed by atoms with Crippen molar-refractivity contribution in [2.24, 2.45) is 5.73 Å². The van der Waals surface area contributed by atoms with E-state index in [-0.39, 0.29) is 24.7 Å². The number of rotatable bonds is 8. The molecule has 1 aromatic rings. The van der Waals surface area contributed by atoms with Crippen LogP contribution in [-0.4, -0.2) is 37.9 Å². The van der Waals surface area contributed by atoms with Gasteiger partial charge in [0.1, 0.15) is 5.75 Å². The molecule has 126 valence electrons. The minimum atomic E-state index is -3.37. The van der Waals surface area contributed by atoms with Gasteiger partial charge in [0.25, 0.3) is 0 Å². The lowest BCUT2D eigenvalue weighted by Crippen LogP contribution is -2.46. The minimum absolute atomic E-state index is 0. The molecule has 0 aliphatic carbocycles. The van der Waals surface area contributed by atoms with Crippen LogP contribution in [0.4, 0.5) is 0 Å². The molecule has 22 heavy (non-hydrogen) atoms. The first kappa shape index (κ1) is 20.9. The summed E-state index contributed by atoms with van der Waals surface area (Å²) in [5.74, 6) is -0.951. The number of amides is 1. The highest BCUT2D eigenvalue weighted by Gasteiger charge is 2.18.